The Morgan fingerprint density at radius 1 is 1.20 bits per heavy atom. The molecule has 0 radical (unpaired) electrons. The van der Waals surface area contributed by atoms with Gasteiger partial charge in [0.25, 0.3) is 5.56 Å². The molecule has 1 saturated heterocycles. The molecule has 214 valence electrons. The number of fused-ring (bicyclic) bond motifs is 1. The van der Waals surface area contributed by atoms with Crippen molar-refractivity contribution < 1.29 is 13.2 Å². The Morgan fingerprint density at radius 2 is 2.00 bits per heavy atom. The van der Waals surface area contributed by atoms with Crippen molar-refractivity contribution in [2.24, 2.45) is 0 Å². The second-order valence-electron chi connectivity index (χ2n) is 10.2. The Balaban J connectivity index is 1.45. The first-order valence-electron chi connectivity index (χ1n) is 13.7. The van der Waals surface area contributed by atoms with Crippen LogP contribution >= 0.6 is 0 Å². The molecule has 1 atom stereocenters. The van der Waals surface area contributed by atoms with Gasteiger partial charge in [0.15, 0.2) is 17.0 Å². The normalized spacial score (nSPS) is 15.4. The highest BCUT2D eigenvalue weighted by atomic mass is 32.2. The molecule has 4 aromatic rings. The number of hydrogen-bond acceptors (Lipinski definition) is 7. The van der Waals surface area contributed by atoms with Gasteiger partial charge in [-0.05, 0) is 69.5 Å². The quantitative estimate of drug-likeness (QED) is 0.287. The van der Waals surface area contributed by atoms with Crippen molar-refractivity contribution in [1.82, 2.24) is 24.3 Å². The second-order valence-corrected chi connectivity index (χ2v) is 11.9. The Hall–Kier alpha value is -4.21. The van der Waals surface area contributed by atoms with Crippen molar-refractivity contribution in [3.63, 3.8) is 0 Å². The number of rotatable bonds is 9. The third-order valence-corrected chi connectivity index (χ3v) is 8.73. The molecule has 0 amide bonds. The molecule has 41 heavy (non-hydrogen) atoms. The van der Waals surface area contributed by atoms with E-state index in [1.165, 1.54) is 12.1 Å². The molecule has 2 N–H and O–H groups in total. The lowest BCUT2D eigenvalue weighted by Gasteiger charge is -2.20. The van der Waals surface area contributed by atoms with E-state index in [0.717, 1.165) is 17.7 Å². The van der Waals surface area contributed by atoms with Crippen LogP contribution in [-0.4, -0.2) is 53.7 Å². The maximum Gasteiger partial charge on any atom is 0.277 e. The van der Waals surface area contributed by atoms with E-state index in [0.29, 0.717) is 66.6 Å². The zero-order valence-electron chi connectivity index (χ0n) is 23.6. The minimum absolute atomic E-state index is 0.0463. The molecule has 11 nitrogen and oxygen atoms in total. The molecule has 0 aliphatic carbocycles. The van der Waals surface area contributed by atoms with E-state index in [2.05, 4.69) is 29.5 Å². The first-order chi connectivity index (χ1) is 19.6. The second kappa shape index (κ2) is 11.3. The topological polar surface area (TPSA) is 126 Å². The van der Waals surface area contributed by atoms with Gasteiger partial charge in [0.2, 0.25) is 10.0 Å². The number of H-pyrrole nitrogens is 1. The highest BCUT2D eigenvalue weighted by Gasteiger charge is 2.29. The van der Waals surface area contributed by atoms with E-state index >= 15 is 0 Å². The molecule has 3 heterocycles. The molecule has 5 rings (SSSR count). The van der Waals surface area contributed by atoms with Gasteiger partial charge in [0.05, 0.1) is 29.3 Å². The zero-order valence-corrected chi connectivity index (χ0v) is 24.4. The molecule has 2 aromatic carbocycles. The summed E-state index contributed by atoms with van der Waals surface area (Å²) in [6.45, 7) is 16.3. The number of benzene rings is 2. The van der Waals surface area contributed by atoms with E-state index < -0.39 is 10.0 Å². The van der Waals surface area contributed by atoms with Crippen molar-refractivity contribution >= 4 is 26.9 Å². The highest BCUT2D eigenvalue weighted by molar-refractivity contribution is 7.89. The number of ether oxygens (including phenoxy) is 1. The van der Waals surface area contributed by atoms with Crippen LogP contribution in [0.5, 0.6) is 5.75 Å². The van der Waals surface area contributed by atoms with Crippen molar-refractivity contribution in [2.75, 3.05) is 24.6 Å². The van der Waals surface area contributed by atoms with Crippen LogP contribution in [0.4, 0.5) is 11.4 Å². The van der Waals surface area contributed by atoms with Gasteiger partial charge < -0.3 is 14.6 Å². The minimum Gasteiger partial charge on any atom is -0.493 e. The van der Waals surface area contributed by atoms with Gasteiger partial charge in [-0.15, -0.1) is 5.10 Å². The number of anilines is 1. The molecule has 1 unspecified atom stereocenters. The monoisotopic (exact) mass is 575 g/mol. The van der Waals surface area contributed by atoms with Crippen LogP contribution in [0.25, 0.3) is 21.7 Å². The number of aromatic amines is 1. The molecular weight excluding hydrogens is 542 g/mol. The van der Waals surface area contributed by atoms with Crippen molar-refractivity contribution in [1.29, 1.82) is 0 Å². The number of imidazole rings is 1. The number of aromatic nitrogens is 4. The summed E-state index contributed by atoms with van der Waals surface area (Å²) < 4.78 is 37.2. The van der Waals surface area contributed by atoms with Gasteiger partial charge in [-0.25, -0.2) is 27.5 Å². The first-order valence-corrected chi connectivity index (χ1v) is 15.1. The van der Waals surface area contributed by atoms with Gasteiger partial charge in [-0.2, -0.15) is 0 Å². The van der Waals surface area contributed by atoms with Crippen LogP contribution in [0.3, 0.4) is 0 Å². The van der Waals surface area contributed by atoms with Gasteiger partial charge in [0, 0.05) is 31.2 Å². The average molecular weight is 576 g/mol. The van der Waals surface area contributed by atoms with E-state index in [1.54, 1.807) is 23.6 Å². The van der Waals surface area contributed by atoms with E-state index in [4.69, 9.17) is 11.3 Å². The molecule has 1 aliphatic rings. The molecule has 2 aromatic heterocycles. The zero-order chi connectivity index (χ0) is 29.3. The third-order valence-electron chi connectivity index (χ3n) is 7.21. The Kier molecular flexibility index (Phi) is 7.84. The maximum atomic E-state index is 13.5. The van der Waals surface area contributed by atoms with Crippen LogP contribution in [0.15, 0.2) is 46.1 Å². The van der Waals surface area contributed by atoms with E-state index in [9.17, 15) is 13.2 Å². The Bertz CT molecular complexity index is 1820. The van der Waals surface area contributed by atoms with Crippen LogP contribution in [0.2, 0.25) is 0 Å². The Labute approximate surface area is 239 Å². The van der Waals surface area contributed by atoms with Crippen LogP contribution in [0.1, 0.15) is 43.8 Å². The fraction of sp³-hybridized carbons (Fsp3) is 0.379. The number of nitrogens with one attached hydrogen (secondary N) is 2. The van der Waals surface area contributed by atoms with Gasteiger partial charge in [0.1, 0.15) is 11.6 Å². The molecule has 12 heteroatoms. The van der Waals surface area contributed by atoms with E-state index in [-0.39, 0.29) is 22.3 Å². The summed E-state index contributed by atoms with van der Waals surface area (Å²) in [5, 5.41) is 4.66. The summed E-state index contributed by atoms with van der Waals surface area (Å²) in [5.74, 6) is 1.27. The molecule has 0 spiro atoms. The fourth-order valence-electron chi connectivity index (χ4n) is 5.23. The van der Waals surface area contributed by atoms with Crippen molar-refractivity contribution in [2.45, 2.75) is 57.9 Å². The number of sulfonamides is 1. The van der Waals surface area contributed by atoms with Gasteiger partial charge >= 0.3 is 0 Å². The van der Waals surface area contributed by atoms with Crippen molar-refractivity contribution in [3.05, 3.63) is 75.3 Å². The largest absolute Gasteiger partial charge is 0.493 e. The summed E-state index contributed by atoms with van der Waals surface area (Å²) in [6.07, 6.45) is 2.11. The predicted octanol–water partition coefficient (Wildman–Crippen LogP) is 4.16. The minimum atomic E-state index is -3.91. The SMILES string of the molecule is [C-]#[N+]c1ccc(N2CCC(NS(=O)(=O)c3ccc(OCC)c(-c4nn5c(CCC)nc(C)c5c(=O)[nH]4)c3)C2)cc1C. The molecule has 1 aliphatic heterocycles. The van der Waals surface area contributed by atoms with Crippen LogP contribution in [-0.2, 0) is 16.4 Å². The van der Waals surface area contributed by atoms with Gasteiger partial charge in [-0.3, -0.25) is 4.79 Å². The molecule has 0 saturated carbocycles. The standard InChI is InChI=1S/C29H33N7O4S/c1-6-8-26-31-19(4)27-29(37)32-28(33-36(26)27)23-16-22(10-12-25(23)40-7-2)41(38,39)34-20-13-14-35(17-20)21-9-11-24(30-5)18(3)15-21/h9-12,15-16,20,34H,6-8,13-14,17H2,1-4H3,(H,32,33,37). The highest BCUT2D eigenvalue weighted by Crippen LogP contribution is 2.31. The van der Waals surface area contributed by atoms with E-state index in [1.807, 2.05) is 32.9 Å². The lowest BCUT2D eigenvalue weighted by Crippen LogP contribution is -2.37. The Morgan fingerprint density at radius 3 is 2.71 bits per heavy atom. The summed E-state index contributed by atoms with van der Waals surface area (Å²) >= 11 is 0. The van der Waals surface area contributed by atoms with Crippen LogP contribution < -0.4 is 19.9 Å². The summed E-state index contributed by atoms with van der Waals surface area (Å²) in [4.78, 5) is 26.0. The van der Waals surface area contributed by atoms with Gasteiger partial charge in [-0.1, -0.05) is 13.0 Å². The first kappa shape index (κ1) is 28.3. The third kappa shape index (κ3) is 5.55. The smallest absolute Gasteiger partial charge is 0.277 e. The summed E-state index contributed by atoms with van der Waals surface area (Å²) in [5.41, 5.74) is 3.42. The average Bonchev–Trinajstić information content (AvgIpc) is 3.53. The summed E-state index contributed by atoms with van der Waals surface area (Å²) in [7, 11) is -3.91. The number of aryl methyl sites for hydroxylation is 3. The lowest BCUT2D eigenvalue weighted by atomic mass is 10.1. The molecule has 1 fully saturated rings. The van der Waals surface area contributed by atoms with Crippen LogP contribution in [0, 0.1) is 20.4 Å². The lowest BCUT2D eigenvalue weighted by molar-refractivity contribution is 0.341. The maximum absolute atomic E-state index is 13.5. The summed E-state index contributed by atoms with van der Waals surface area (Å²) in [6, 6.07) is 9.93. The fourth-order valence-corrected chi connectivity index (χ4v) is 6.51. The number of hydrogen-bond donors (Lipinski definition) is 2. The molecule has 0 bridgehead atoms. The number of nitrogens with zero attached hydrogens (tertiary/aromatic N) is 5. The predicted molar refractivity (Wildman–Crippen MR) is 157 cm³/mol. The van der Waals surface area contributed by atoms with Crippen molar-refractivity contribution in [3.8, 4) is 17.1 Å². The molecular formula is C29H33N7O4S.